The maximum atomic E-state index is 5.82. The Kier molecular flexibility index (Phi) is 3.29. The second-order valence-electron chi connectivity index (χ2n) is 4.55. The molecule has 92 valence electrons. The van der Waals surface area contributed by atoms with Crippen LogP contribution in [0.3, 0.4) is 0 Å². The number of para-hydroxylation sites is 1. The predicted molar refractivity (Wildman–Crippen MR) is 70.7 cm³/mol. The van der Waals surface area contributed by atoms with E-state index in [2.05, 4.69) is 24.3 Å². The molecule has 1 aliphatic rings. The van der Waals surface area contributed by atoms with Gasteiger partial charge in [-0.2, -0.15) is 0 Å². The van der Waals surface area contributed by atoms with E-state index in [0.29, 0.717) is 13.2 Å². The Labute approximate surface area is 107 Å². The molecular formula is C16H16O2. The molecular weight excluding hydrogens is 224 g/mol. The maximum Gasteiger partial charge on any atom is 0.126 e. The van der Waals surface area contributed by atoms with E-state index in [4.69, 9.17) is 9.47 Å². The van der Waals surface area contributed by atoms with Gasteiger partial charge in [0.15, 0.2) is 0 Å². The second kappa shape index (κ2) is 5.23. The monoisotopic (exact) mass is 240 g/mol. The van der Waals surface area contributed by atoms with Crippen molar-refractivity contribution in [3.63, 3.8) is 0 Å². The molecule has 0 fully saturated rings. The number of ether oxygens (including phenoxy) is 2. The van der Waals surface area contributed by atoms with Crippen molar-refractivity contribution in [3.05, 3.63) is 65.7 Å². The fourth-order valence-corrected chi connectivity index (χ4v) is 2.23. The molecule has 0 saturated carbocycles. The summed E-state index contributed by atoms with van der Waals surface area (Å²) in [7, 11) is 0. The van der Waals surface area contributed by atoms with Crippen LogP contribution >= 0.6 is 0 Å². The average Bonchev–Trinajstić information content (AvgIpc) is 2.82. The van der Waals surface area contributed by atoms with Gasteiger partial charge in [0.25, 0.3) is 0 Å². The summed E-state index contributed by atoms with van der Waals surface area (Å²) in [4.78, 5) is 0. The highest BCUT2D eigenvalue weighted by Gasteiger charge is 2.22. The zero-order valence-electron chi connectivity index (χ0n) is 10.2. The zero-order chi connectivity index (χ0) is 12.2. The lowest BCUT2D eigenvalue weighted by atomic mass is 10.1. The number of hydrogen-bond acceptors (Lipinski definition) is 2. The SMILES string of the molecule is c1ccc(COCC2Cc3ccccc3O2)cc1. The van der Waals surface area contributed by atoms with Gasteiger partial charge in [0.05, 0.1) is 13.2 Å². The van der Waals surface area contributed by atoms with Gasteiger partial charge in [-0.1, -0.05) is 48.5 Å². The van der Waals surface area contributed by atoms with Crippen LogP contribution in [0.15, 0.2) is 54.6 Å². The molecule has 1 atom stereocenters. The Morgan fingerprint density at radius 1 is 1.00 bits per heavy atom. The Balaban J connectivity index is 1.49. The molecule has 0 bridgehead atoms. The molecule has 1 heterocycles. The molecule has 1 unspecified atom stereocenters. The minimum absolute atomic E-state index is 0.158. The van der Waals surface area contributed by atoms with Gasteiger partial charge in [-0.15, -0.1) is 0 Å². The third kappa shape index (κ3) is 2.54. The number of fused-ring (bicyclic) bond motifs is 1. The molecule has 0 aromatic heterocycles. The first-order valence-electron chi connectivity index (χ1n) is 6.28. The van der Waals surface area contributed by atoms with E-state index in [1.54, 1.807) is 0 Å². The molecule has 2 heteroatoms. The number of hydrogen-bond donors (Lipinski definition) is 0. The molecule has 1 aliphatic heterocycles. The molecule has 0 radical (unpaired) electrons. The van der Waals surface area contributed by atoms with E-state index in [0.717, 1.165) is 12.2 Å². The molecule has 0 saturated heterocycles. The van der Waals surface area contributed by atoms with Crippen LogP contribution in [0, 0.1) is 0 Å². The lowest BCUT2D eigenvalue weighted by molar-refractivity contribution is 0.0510. The first-order chi connectivity index (χ1) is 8.92. The second-order valence-corrected chi connectivity index (χ2v) is 4.55. The van der Waals surface area contributed by atoms with Crippen LogP contribution in [-0.2, 0) is 17.8 Å². The van der Waals surface area contributed by atoms with Crippen LogP contribution in [0.2, 0.25) is 0 Å². The smallest absolute Gasteiger partial charge is 0.126 e. The van der Waals surface area contributed by atoms with Gasteiger partial charge in [0.2, 0.25) is 0 Å². The summed E-state index contributed by atoms with van der Waals surface area (Å²) in [5.41, 5.74) is 2.49. The van der Waals surface area contributed by atoms with Crippen LogP contribution in [0.1, 0.15) is 11.1 Å². The van der Waals surface area contributed by atoms with Gasteiger partial charge < -0.3 is 9.47 Å². The Hall–Kier alpha value is -1.80. The van der Waals surface area contributed by atoms with Crippen LogP contribution in [-0.4, -0.2) is 12.7 Å². The van der Waals surface area contributed by atoms with Crippen molar-refractivity contribution >= 4 is 0 Å². The molecule has 2 nitrogen and oxygen atoms in total. The van der Waals surface area contributed by atoms with Crippen molar-refractivity contribution in [2.75, 3.05) is 6.61 Å². The van der Waals surface area contributed by atoms with Crippen LogP contribution < -0.4 is 4.74 Å². The highest BCUT2D eigenvalue weighted by Crippen LogP contribution is 2.28. The Morgan fingerprint density at radius 2 is 1.78 bits per heavy atom. The first-order valence-corrected chi connectivity index (χ1v) is 6.28. The Bertz CT molecular complexity index is 483. The first kappa shape index (κ1) is 11.3. The minimum atomic E-state index is 0.158. The van der Waals surface area contributed by atoms with E-state index in [-0.39, 0.29) is 6.10 Å². The fourth-order valence-electron chi connectivity index (χ4n) is 2.23. The Morgan fingerprint density at radius 3 is 2.61 bits per heavy atom. The van der Waals surface area contributed by atoms with Gasteiger partial charge in [-0.25, -0.2) is 0 Å². The zero-order valence-corrected chi connectivity index (χ0v) is 10.2. The third-order valence-electron chi connectivity index (χ3n) is 3.13. The summed E-state index contributed by atoms with van der Waals surface area (Å²) in [5, 5.41) is 0. The topological polar surface area (TPSA) is 18.5 Å². The van der Waals surface area contributed by atoms with Crippen molar-refractivity contribution in [1.82, 2.24) is 0 Å². The fraction of sp³-hybridized carbons (Fsp3) is 0.250. The van der Waals surface area contributed by atoms with Crippen LogP contribution in [0.25, 0.3) is 0 Å². The summed E-state index contributed by atoms with van der Waals surface area (Å²) in [6.45, 7) is 1.29. The van der Waals surface area contributed by atoms with Crippen molar-refractivity contribution in [2.45, 2.75) is 19.1 Å². The lowest BCUT2D eigenvalue weighted by Gasteiger charge is -2.11. The largest absolute Gasteiger partial charge is 0.487 e. The van der Waals surface area contributed by atoms with Crippen LogP contribution in [0.4, 0.5) is 0 Å². The van der Waals surface area contributed by atoms with Crippen molar-refractivity contribution in [2.24, 2.45) is 0 Å². The molecule has 0 N–H and O–H groups in total. The van der Waals surface area contributed by atoms with E-state index in [1.165, 1.54) is 11.1 Å². The van der Waals surface area contributed by atoms with Gasteiger partial charge in [0, 0.05) is 6.42 Å². The van der Waals surface area contributed by atoms with Crippen molar-refractivity contribution < 1.29 is 9.47 Å². The highest BCUT2D eigenvalue weighted by molar-refractivity contribution is 5.37. The normalized spacial score (nSPS) is 17.2. The molecule has 2 aromatic carbocycles. The van der Waals surface area contributed by atoms with Crippen molar-refractivity contribution in [3.8, 4) is 5.75 Å². The summed E-state index contributed by atoms with van der Waals surface area (Å²) in [5.74, 6) is 1.01. The summed E-state index contributed by atoms with van der Waals surface area (Å²) >= 11 is 0. The quantitative estimate of drug-likeness (QED) is 0.817. The van der Waals surface area contributed by atoms with Crippen LogP contribution in [0.5, 0.6) is 5.75 Å². The van der Waals surface area contributed by atoms with Gasteiger partial charge >= 0.3 is 0 Å². The van der Waals surface area contributed by atoms with E-state index >= 15 is 0 Å². The molecule has 0 spiro atoms. The minimum Gasteiger partial charge on any atom is -0.487 e. The number of rotatable bonds is 4. The maximum absolute atomic E-state index is 5.82. The standard InChI is InChI=1S/C16H16O2/c1-2-6-13(7-3-1)11-17-12-15-10-14-8-4-5-9-16(14)18-15/h1-9,15H,10-12H2. The van der Waals surface area contributed by atoms with Crippen molar-refractivity contribution in [1.29, 1.82) is 0 Å². The number of benzene rings is 2. The van der Waals surface area contributed by atoms with Gasteiger partial charge in [-0.3, -0.25) is 0 Å². The molecule has 2 aromatic rings. The molecule has 3 rings (SSSR count). The molecule has 0 aliphatic carbocycles. The average molecular weight is 240 g/mol. The van der Waals surface area contributed by atoms with Gasteiger partial charge in [-0.05, 0) is 17.2 Å². The predicted octanol–water partition coefficient (Wildman–Crippen LogP) is 3.21. The summed E-state index contributed by atoms with van der Waals surface area (Å²) < 4.78 is 11.5. The van der Waals surface area contributed by atoms with Gasteiger partial charge in [0.1, 0.15) is 11.9 Å². The van der Waals surface area contributed by atoms with E-state index in [1.807, 2.05) is 30.3 Å². The summed E-state index contributed by atoms with van der Waals surface area (Å²) in [6.07, 6.45) is 1.11. The lowest BCUT2D eigenvalue weighted by Crippen LogP contribution is -2.20. The summed E-state index contributed by atoms with van der Waals surface area (Å²) in [6, 6.07) is 18.4. The van der Waals surface area contributed by atoms with E-state index in [9.17, 15) is 0 Å². The molecule has 18 heavy (non-hydrogen) atoms. The molecule has 0 amide bonds. The third-order valence-corrected chi connectivity index (χ3v) is 3.13. The highest BCUT2D eigenvalue weighted by atomic mass is 16.5. The van der Waals surface area contributed by atoms with E-state index < -0.39 is 0 Å².